The summed E-state index contributed by atoms with van der Waals surface area (Å²) >= 11 is 3.56. The molecule has 2 heterocycles. The van der Waals surface area contributed by atoms with Crippen LogP contribution in [-0.4, -0.2) is 23.1 Å². The Morgan fingerprint density at radius 3 is 2.95 bits per heavy atom. The summed E-state index contributed by atoms with van der Waals surface area (Å²) in [5, 5.41) is 3.50. The van der Waals surface area contributed by atoms with Gasteiger partial charge in [0.15, 0.2) is 0 Å². The molecule has 1 unspecified atom stereocenters. The van der Waals surface area contributed by atoms with Gasteiger partial charge in [0.2, 0.25) is 0 Å². The number of nitrogens with one attached hydrogen (secondary N) is 2. The highest BCUT2D eigenvalue weighted by Crippen LogP contribution is 2.35. The number of halogens is 1. The number of H-pyrrole nitrogens is 1. The maximum atomic E-state index is 4.91. The third kappa shape index (κ3) is 2.21. The highest BCUT2D eigenvalue weighted by Gasteiger charge is 2.37. The zero-order valence-electron chi connectivity index (χ0n) is 11.5. The third-order valence-corrected chi connectivity index (χ3v) is 4.67. The van der Waals surface area contributed by atoms with Crippen LogP contribution in [0.1, 0.15) is 37.6 Å². The van der Waals surface area contributed by atoms with E-state index in [-0.39, 0.29) is 5.41 Å². The number of fused-ring (bicyclic) bond motifs is 1. The minimum absolute atomic E-state index is 0.201. The average Bonchev–Trinajstić information content (AvgIpc) is 2.96. The van der Waals surface area contributed by atoms with E-state index < -0.39 is 0 Å². The van der Waals surface area contributed by atoms with Crippen LogP contribution in [0.2, 0.25) is 0 Å². The molecule has 1 aromatic carbocycles. The molecule has 0 aliphatic carbocycles. The van der Waals surface area contributed by atoms with E-state index >= 15 is 0 Å². The number of nitrogens with zero attached hydrogens (tertiary/aromatic N) is 1. The molecule has 4 heteroatoms. The van der Waals surface area contributed by atoms with Gasteiger partial charge in [-0.3, -0.25) is 0 Å². The average molecular weight is 322 g/mol. The van der Waals surface area contributed by atoms with Gasteiger partial charge in [-0.05, 0) is 44.0 Å². The van der Waals surface area contributed by atoms with Crippen molar-refractivity contribution in [2.45, 2.75) is 38.5 Å². The van der Waals surface area contributed by atoms with Crippen LogP contribution in [-0.2, 0) is 5.41 Å². The van der Waals surface area contributed by atoms with Crippen molar-refractivity contribution < 1.29 is 0 Å². The van der Waals surface area contributed by atoms with Crippen LogP contribution in [0.4, 0.5) is 0 Å². The molecule has 1 aromatic heterocycles. The van der Waals surface area contributed by atoms with Gasteiger partial charge in [-0.2, -0.15) is 0 Å². The molecule has 0 bridgehead atoms. The van der Waals surface area contributed by atoms with E-state index in [1.165, 1.54) is 24.8 Å². The Hall–Kier alpha value is -0.870. The van der Waals surface area contributed by atoms with Gasteiger partial charge in [0.1, 0.15) is 5.82 Å². The Bertz CT molecular complexity index is 597. The highest BCUT2D eigenvalue weighted by atomic mass is 79.9. The Labute approximate surface area is 122 Å². The quantitative estimate of drug-likeness (QED) is 0.905. The molecular weight excluding hydrogens is 302 g/mol. The lowest BCUT2D eigenvalue weighted by atomic mass is 9.82. The zero-order chi connectivity index (χ0) is 13.5. The van der Waals surface area contributed by atoms with E-state index in [1.807, 2.05) is 0 Å². The van der Waals surface area contributed by atoms with Gasteiger partial charge in [-0.15, -0.1) is 0 Å². The lowest BCUT2D eigenvalue weighted by Gasteiger charge is -2.25. The van der Waals surface area contributed by atoms with E-state index in [2.05, 4.69) is 52.2 Å². The summed E-state index contributed by atoms with van der Waals surface area (Å²) in [6.45, 7) is 6.52. The molecule has 2 aromatic rings. The van der Waals surface area contributed by atoms with Crippen LogP contribution in [0.3, 0.4) is 0 Å². The second kappa shape index (κ2) is 4.91. The smallest absolute Gasteiger partial charge is 0.114 e. The van der Waals surface area contributed by atoms with Crippen molar-refractivity contribution >= 4 is 27.0 Å². The second-order valence-electron chi connectivity index (χ2n) is 5.66. The Morgan fingerprint density at radius 2 is 2.26 bits per heavy atom. The van der Waals surface area contributed by atoms with Gasteiger partial charge >= 0.3 is 0 Å². The molecule has 2 N–H and O–H groups in total. The molecule has 1 aliphatic heterocycles. The summed E-state index contributed by atoms with van der Waals surface area (Å²) in [6, 6.07) is 4.26. The maximum absolute atomic E-state index is 4.91. The van der Waals surface area contributed by atoms with Crippen molar-refractivity contribution in [3.8, 4) is 0 Å². The van der Waals surface area contributed by atoms with Crippen molar-refractivity contribution in [1.29, 1.82) is 0 Å². The number of rotatable bonds is 3. The van der Waals surface area contributed by atoms with Crippen molar-refractivity contribution in [2.75, 3.05) is 13.1 Å². The van der Waals surface area contributed by atoms with Crippen LogP contribution in [0.5, 0.6) is 0 Å². The first-order chi connectivity index (χ1) is 9.14. The van der Waals surface area contributed by atoms with Gasteiger partial charge in [0.25, 0.3) is 0 Å². The maximum Gasteiger partial charge on any atom is 0.114 e. The van der Waals surface area contributed by atoms with E-state index in [4.69, 9.17) is 4.98 Å². The Kier molecular flexibility index (Phi) is 3.39. The van der Waals surface area contributed by atoms with E-state index in [1.54, 1.807) is 0 Å². The summed E-state index contributed by atoms with van der Waals surface area (Å²) in [5.41, 5.74) is 3.68. The number of aromatic nitrogens is 2. The van der Waals surface area contributed by atoms with Crippen molar-refractivity contribution in [1.82, 2.24) is 15.3 Å². The van der Waals surface area contributed by atoms with Crippen LogP contribution in [0.25, 0.3) is 11.0 Å². The molecule has 0 saturated carbocycles. The molecule has 1 aliphatic rings. The van der Waals surface area contributed by atoms with Crippen molar-refractivity contribution in [2.24, 2.45) is 0 Å². The zero-order valence-corrected chi connectivity index (χ0v) is 13.1. The lowest BCUT2D eigenvalue weighted by Crippen LogP contribution is -2.30. The molecule has 3 nitrogen and oxygen atoms in total. The van der Waals surface area contributed by atoms with Crippen molar-refractivity contribution in [3.63, 3.8) is 0 Å². The van der Waals surface area contributed by atoms with E-state index in [0.717, 1.165) is 34.4 Å². The fraction of sp³-hybridized carbons (Fsp3) is 0.533. The SMILES string of the molecule is CCCC1(c2nc3c(C)cc(Br)cc3[nH]2)CCNC1. The van der Waals surface area contributed by atoms with Crippen molar-refractivity contribution in [3.05, 3.63) is 28.0 Å². The highest BCUT2D eigenvalue weighted by molar-refractivity contribution is 9.10. The number of hydrogen-bond acceptors (Lipinski definition) is 2. The fourth-order valence-corrected chi connectivity index (χ4v) is 3.83. The van der Waals surface area contributed by atoms with Gasteiger partial charge in [0, 0.05) is 16.4 Å². The molecular formula is C15H20BrN3. The molecule has 0 spiro atoms. The number of benzene rings is 1. The van der Waals surface area contributed by atoms with Gasteiger partial charge < -0.3 is 10.3 Å². The molecule has 0 amide bonds. The summed E-state index contributed by atoms with van der Waals surface area (Å²) in [5.74, 6) is 1.16. The van der Waals surface area contributed by atoms with Crippen LogP contribution in [0, 0.1) is 6.92 Å². The number of hydrogen-bond donors (Lipinski definition) is 2. The Morgan fingerprint density at radius 1 is 1.42 bits per heavy atom. The minimum atomic E-state index is 0.201. The first-order valence-corrected chi connectivity index (χ1v) is 7.81. The first kappa shape index (κ1) is 13.1. The largest absolute Gasteiger partial charge is 0.341 e. The number of aryl methyl sites for hydroxylation is 1. The predicted octanol–water partition coefficient (Wildman–Crippen LogP) is 3.67. The van der Waals surface area contributed by atoms with E-state index in [0.29, 0.717) is 0 Å². The number of aromatic amines is 1. The fourth-order valence-electron chi connectivity index (χ4n) is 3.25. The monoisotopic (exact) mass is 321 g/mol. The molecule has 1 saturated heterocycles. The standard InChI is InChI=1S/C15H20BrN3/c1-3-4-15(5-6-17-9-15)14-18-12-8-11(16)7-10(2)13(12)19-14/h7-8,17H,3-6,9H2,1-2H3,(H,18,19). The molecule has 3 rings (SSSR count). The van der Waals surface area contributed by atoms with Crippen LogP contribution < -0.4 is 5.32 Å². The number of imidazole rings is 1. The topological polar surface area (TPSA) is 40.7 Å². The van der Waals surface area contributed by atoms with Gasteiger partial charge in [0.05, 0.1) is 11.0 Å². The van der Waals surface area contributed by atoms with Crippen LogP contribution >= 0.6 is 15.9 Å². The Balaban J connectivity index is 2.11. The normalized spacial score (nSPS) is 23.3. The van der Waals surface area contributed by atoms with Gasteiger partial charge in [-0.25, -0.2) is 4.98 Å². The predicted molar refractivity (Wildman–Crippen MR) is 82.6 cm³/mol. The minimum Gasteiger partial charge on any atom is -0.341 e. The lowest BCUT2D eigenvalue weighted by molar-refractivity contribution is 0.406. The van der Waals surface area contributed by atoms with Crippen LogP contribution in [0.15, 0.2) is 16.6 Å². The molecule has 1 fully saturated rings. The summed E-state index contributed by atoms with van der Waals surface area (Å²) in [4.78, 5) is 8.47. The third-order valence-electron chi connectivity index (χ3n) is 4.22. The summed E-state index contributed by atoms with van der Waals surface area (Å²) in [7, 11) is 0. The molecule has 102 valence electrons. The molecule has 1 atom stereocenters. The molecule has 0 radical (unpaired) electrons. The summed E-state index contributed by atoms with van der Waals surface area (Å²) < 4.78 is 1.11. The second-order valence-corrected chi connectivity index (χ2v) is 6.58. The van der Waals surface area contributed by atoms with Gasteiger partial charge in [-0.1, -0.05) is 29.3 Å². The molecule has 19 heavy (non-hydrogen) atoms. The summed E-state index contributed by atoms with van der Waals surface area (Å²) in [6.07, 6.45) is 3.57. The van der Waals surface area contributed by atoms with E-state index in [9.17, 15) is 0 Å². The first-order valence-electron chi connectivity index (χ1n) is 7.02.